The van der Waals surface area contributed by atoms with Crippen molar-refractivity contribution >= 4 is 5.69 Å². The number of nitrogens with one attached hydrogen (secondary N) is 1. The molecule has 3 nitrogen and oxygen atoms in total. The Labute approximate surface area is 158 Å². The van der Waals surface area contributed by atoms with Gasteiger partial charge in [0.1, 0.15) is 18.1 Å². The molecule has 0 aromatic heterocycles. The smallest absolute Gasteiger partial charge is 0.123 e. The standard InChI is InChI=1S/C23H33NO2/c1-18(2)14-16-25-20-12-10-19(11-13-20)24-15-17-26-22-9-7-6-8-21(22)23(3,4)5/h6-13,18,24H,14-17H2,1-5H3. The van der Waals surface area contributed by atoms with E-state index in [0.717, 1.165) is 36.8 Å². The van der Waals surface area contributed by atoms with Gasteiger partial charge in [-0.05, 0) is 53.6 Å². The molecule has 0 bridgehead atoms. The van der Waals surface area contributed by atoms with Crippen LogP contribution < -0.4 is 14.8 Å². The van der Waals surface area contributed by atoms with E-state index in [4.69, 9.17) is 9.47 Å². The van der Waals surface area contributed by atoms with Crippen LogP contribution in [0.5, 0.6) is 11.5 Å². The molecule has 0 aliphatic heterocycles. The minimum Gasteiger partial charge on any atom is -0.494 e. The summed E-state index contributed by atoms with van der Waals surface area (Å²) in [5, 5.41) is 3.39. The molecule has 0 fully saturated rings. The highest BCUT2D eigenvalue weighted by molar-refractivity contribution is 5.46. The number of para-hydroxylation sites is 1. The molecule has 0 heterocycles. The second-order valence-electron chi connectivity index (χ2n) is 8.08. The van der Waals surface area contributed by atoms with E-state index < -0.39 is 0 Å². The van der Waals surface area contributed by atoms with Gasteiger partial charge in [-0.1, -0.05) is 52.8 Å². The number of rotatable bonds is 9. The molecule has 26 heavy (non-hydrogen) atoms. The maximum absolute atomic E-state index is 6.00. The van der Waals surface area contributed by atoms with Crippen LogP contribution in [0.3, 0.4) is 0 Å². The van der Waals surface area contributed by atoms with Crippen molar-refractivity contribution in [2.24, 2.45) is 5.92 Å². The topological polar surface area (TPSA) is 30.5 Å². The fourth-order valence-corrected chi connectivity index (χ4v) is 2.65. The van der Waals surface area contributed by atoms with Crippen molar-refractivity contribution in [2.75, 3.05) is 25.1 Å². The van der Waals surface area contributed by atoms with Crippen LogP contribution in [0.25, 0.3) is 0 Å². The molecule has 0 saturated carbocycles. The lowest BCUT2D eigenvalue weighted by molar-refractivity contribution is 0.289. The molecule has 0 spiro atoms. The largest absolute Gasteiger partial charge is 0.494 e. The fraction of sp³-hybridized carbons (Fsp3) is 0.478. The van der Waals surface area contributed by atoms with E-state index in [1.54, 1.807) is 0 Å². The van der Waals surface area contributed by atoms with E-state index in [1.807, 2.05) is 36.4 Å². The van der Waals surface area contributed by atoms with Gasteiger partial charge in [0.25, 0.3) is 0 Å². The van der Waals surface area contributed by atoms with E-state index in [0.29, 0.717) is 12.5 Å². The molecule has 2 aromatic rings. The molecular weight excluding hydrogens is 322 g/mol. The molecule has 0 atom stereocenters. The number of hydrogen-bond acceptors (Lipinski definition) is 3. The van der Waals surface area contributed by atoms with Crippen LogP contribution in [0.4, 0.5) is 5.69 Å². The van der Waals surface area contributed by atoms with Crippen molar-refractivity contribution in [2.45, 2.75) is 46.5 Å². The zero-order valence-electron chi connectivity index (χ0n) is 16.8. The van der Waals surface area contributed by atoms with Crippen LogP contribution in [-0.2, 0) is 5.41 Å². The first-order chi connectivity index (χ1) is 12.4. The lowest BCUT2D eigenvalue weighted by Gasteiger charge is -2.22. The third kappa shape index (κ3) is 6.62. The predicted molar refractivity (Wildman–Crippen MR) is 111 cm³/mol. The zero-order valence-corrected chi connectivity index (χ0v) is 16.8. The predicted octanol–water partition coefficient (Wildman–Crippen LogP) is 5.90. The molecule has 0 saturated heterocycles. The Hall–Kier alpha value is -2.16. The SMILES string of the molecule is CC(C)CCOc1ccc(NCCOc2ccccc2C(C)(C)C)cc1. The molecule has 2 rings (SSSR count). The monoisotopic (exact) mass is 355 g/mol. The number of ether oxygens (including phenoxy) is 2. The Morgan fingerprint density at radius 3 is 2.23 bits per heavy atom. The van der Waals surface area contributed by atoms with Gasteiger partial charge < -0.3 is 14.8 Å². The van der Waals surface area contributed by atoms with Gasteiger partial charge in [-0.3, -0.25) is 0 Å². The fourth-order valence-electron chi connectivity index (χ4n) is 2.65. The van der Waals surface area contributed by atoms with Crippen LogP contribution in [0, 0.1) is 5.92 Å². The summed E-state index contributed by atoms with van der Waals surface area (Å²) >= 11 is 0. The van der Waals surface area contributed by atoms with Crippen LogP contribution >= 0.6 is 0 Å². The van der Waals surface area contributed by atoms with Gasteiger partial charge in [0.2, 0.25) is 0 Å². The molecule has 0 aliphatic carbocycles. The van der Waals surface area contributed by atoms with E-state index in [1.165, 1.54) is 5.56 Å². The van der Waals surface area contributed by atoms with Crippen LogP contribution in [0.2, 0.25) is 0 Å². The molecule has 1 N–H and O–H groups in total. The van der Waals surface area contributed by atoms with E-state index in [-0.39, 0.29) is 5.41 Å². The summed E-state index contributed by atoms with van der Waals surface area (Å²) in [6, 6.07) is 16.4. The maximum Gasteiger partial charge on any atom is 0.123 e. The highest BCUT2D eigenvalue weighted by Gasteiger charge is 2.18. The van der Waals surface area contributed by atoms with Crippen LogP contribution in [-0.4, -0.2) is 19.8 Å². The summed E-state index contributed by atoms with van der Waals surface area (Å²) in [7, 11) is 0. The second kappa shape index (κ2) is 9.51. The molecule has 2 aromatic carbocycles. The molecule has 0 amide bonds. The lowest BCUT2D eigenvalue weighted by atomic mass is 9.86. The Balaban J connectivity index is 1.77. The summed E-state index contributed by atoms with van der Waals surface area (Å²) in [4.78, 5) is 0. The van der Waals surface area contributed by atoms with Crippen molar-refractivity contribution in [1.82, 2.24) is 0 Å². The van der Waals surface area contributed by atoms with Gasteiger partial charge in [0.05, 0.1) is 6.61 Å². The maximum atomic E-state index is 6.00. The van der Waals surface area contributed by atoms with Gasteiger partial charge in [-0.25, -0.2) is 0 Å². The molecular formula is C23H33NO2. The summed E-state index contributed by atoms with van der Waals surface area (Å²) in [5.74, 6) is 2.56. The normalized spacial score (nSPS) is 11.5. The molecule has 0 unspecified atom stereocenters. The van der Waals surface area contributed by atoms with Gasteiger partial charge >= 0.3 is 0 Å². The zero-order chi connectivity index (χ0) is 19.0. The highest BCUT2D eigenvalue weighted by atomic mass is 16.5. The highest BCUT2D eigenvalue weighted by Crippen LogP contribution is 2.30. The Bertz CT molecular complexity index is 657. The van der Waals surface area contributed by atoms with Crippen molar-refractivity contribution < 1.29 is 9.47 Å². The Morgan fingerprint density at radius 1 is 0.885 bits per heavy atom. The van der Waals surface area contributed by atoms with Gasteiger partial charge in [-0.2, -0.15) is 0 Å². The van der Waals surface area contributed by atoms with Gasteiger partial charge in [0.15, 0.2) is 0 Å². The lowest BCUT2D eigenvalue weighted by Crippen LogP contribution is -2.16. The summed E-state index contributed by atoms with van der Waals surface area (Å²) in [6.07, 6.45) is 1.08. The summed E-state index contributed by atoms with van der Waals surface area (Å²) in [5.41, 5.74) is 2.40. The number of anilines is 1. The van der Waals surface area contributed by atoms with Crippen molar-refractivity contribution in [3.05, 3.63) is 54.1 Å². The summed E-state index contributed by atoms with van der Waals surface area (Å²) < 4.78 is 11.7. The van der Waals surface area contributed by atoms with Crippen molar-refractivity contribution in [1.29, 1.82) is 0 Å². The van der Waals surface area contributed by atoms with E-state index in [2.05, 4.69) is 52.1 Å². The van der Waals surface area contributed by atoms with Crippen LogP contribution in [0.1, 0.15) is 46.6 Å². The van der Waals surface area contributed by atoms with E-state index in [9.17, 15) is 0 Å². The minimum absolute atomic E-state index is 0.0788. The Kier molecular flexibility index (Phi) is 7.38. The van der Waals surface area contributed by atoms with Crippen LogP contribution in [0.15, 0.2) is 48.5 Å². The first-order valence-corrected chi connectivity index (χ1v) is 9.55. The second-order valence-corrected chi connectivity index (χ2v) is 8.08. The third-order valence-corrected chi connectivity index (χ3v) is 4.20. The third-order valence-electron chi connectivity index (χ3n) is 4.20. The number of benzene rings is 2. The molecule has 3 heteroatoms. The quantitative estimate of drug-likeness (QED) is 0.568. The van der Waals surface area contributed by atoms with Crippen molar-refractivity contribution in [3.8, 4) is 11.5 Å². The minimum atomic E-state index is 0.0788. The van der Waals surface area contributed by atoms with E-state index >= 15 is 0 Å². The average molecular weight is 356 g/mol. The molecule has 0 aliphatic rings. The molecule has 142 valence electrons. The van der Waals surface area contributed by atoms with Gasteiger partial charge in [0, 0.05) is 12.2 Å². The summed E-state index contributed by atoms with van der Waals surface area (Å²) in [6.45, 7) is 13.2. The number of hydrogen-bond donors (Lipinski definition) is 1. The van der Waals surface area contributed by atoms with Gasteiger partial charge in [-0.15, -0.1) is 0 Å². The molecule has 0 radical (unpaired) electrons. The average Bonchev–Trinajstić information content (AvgIpc) is 2.59. The van der Waals surface area contributed by atoms with Crippen molar-refractivity contribution in [3.63, 3.8) is 0 Å². The Morgan fingerprint density at radius 2 is 1.58 bits per heavy atom. The first-order valence-electron chi connectivity index (χ1n) is 9.55. The first kappa shape index (κ1) is 20.2.